The van der Waals surface area contributed by atoms with Gasteiger partial charge >= 0.3 is 6.18 Å². The molecule has 1 saturated carbocycles. The van der Waals surface area contributed by atoms with Crippen LogP contribution in [-0.2, 0) is 22.7 Å². The lowest BCUT2D eigenvalue weighted by atomic mass is 10.2. The van der Waals surface area contributed by atoms with Crippen LogP contribution in [0.5, 0.6) is 0 Å². The minimum atomic E-state index is -4.49. The average molecular weight is 356 g/mol. The van der Waals surface area contributed by atoms with Crippen molar-refractivity contribution in [3.8, 4) is 0 Å². The molecule has 8 heteroatoms. The van der Waals surface area contributed by atoms with Crippen LogP contribution < -0.4 is 0 Å². The van der Waals surface area contributed by atoms with Crippen molar-refractivity contribution in [3.63, 3.8) is 0 Å². The quantitative estimate of drug-likeness (QED) is 0.824. The van der Waals surface area contributed by atoms with Crippen LogP contribution in [0.2, 0.25) is 0 Å². The van der Waals surface area contributed by atoms with Crippen LogP contribution in [0, 0.1) is 0 Å². The molecule has 0 bridgehead atoms. The molecule has 4 nitrogen and oxygen atoms in total. The van der Waals surface area contributed by atoms with Gasteiger partial charge in [0.2, 0.25) is 10.0 Å². The van der Waals surface area contributed by atoms with Crippen LogP contribution in [0.15, 0.2) is 53.7 Å². The molecule has 3 rings (SSSR count). The van der Waals surface area contributed by atoms with Gasteiger partial charge in [0.05, 0.1) is 10.5 Å². The molecule has 1 heterocycles. The summed E-state index contributed by atoms with van der Waals surface area (Å²) in [4.78, 5) is 3.76. The van der Waals surface area contributed by atoms with Crippen molar-refractivity contribution in [1.82, 2.24) is 9.29 Å². The van der Waals surface area contributed by atoms with E-state index in [1.54, 1.807) is 24.5 Å². The first kappa shape index (κ1) is 16.9. The zero-order chi connectivity index (χ0) is 17.4. The molecule has 0 aliphatic heterocycles. The predicted molar refractivity (Wildman–Crippen MR) is 81.4 cm³/mol. The highest BCUT2D eigenvalue weighted by Crippen LogP contribution is 2.35. The summed E-state index contributed by atoms with van der Waals surface area (Å²) in [6.45, 7) is 0.177. The molecule has 0 amide bonds. The summed E-state index contributed by atoms with van der Waals surface area (Å²) >= 11 is 0. The minimum Gasteiger partial charge on any atom is -0.265 e. The molecular formula is C16H15F3N2O2S. The number of benzene rings is 1. The molecule has 1 aromatic heterocycles. The molecule has 1 aliphatic carbocycles. The van der Waals surface area contributed by atoms with Gasteiger partial charge in [0.15, 0.2) is 0 Å². The summed E-state index contributed by atoms with van der Waals surface area (Å²) in [5, 5.41) is 0. The first-order valence-electron chi connectivity index (χ1n) is 7.36. The second-order valence-electron chi connectivity index (χ2n) is 5.66. The summed E-state index contributed by atoms with van der Waals surface area (Å²) in [7, 11) is -3.85. The smallest absolute Gasteiger partial charge is 0.265 e. The van der Waals surface area contributed by atoms with Crippen LogP contribution in [0.4, 0.5) is 13.2 Å². The summed E-state index contributed by atoms with van der Waals surface area (Å²) in [5.74, 6) is 0. The van der Waals surface area contributed by atoms with Gasteiger partial charge < -0.3 is 0 Å². The number of hydrogen-bond donors (Lipinski definition) is 0. The third kappa shape index (κ3) is 3.59. The molecule has 1 fully saturated rings. The Morgan fingerprint density at radius 2 is 1.62 bits per heavy atom. The Morgan fingerprint density at radius 3 is 2.12 bits per heavy atom. The normalized spacial score (nSPS) is 15.7. The van der Waals surface area contributed by atoms with Crippen LogP contribution in [0.3, 0.4) is 0 Å². The molecule has 0 atom stereocenters. The molecule has 1 aromatic carbocycles. The topological polar surface area (TPSA) is 50.3 Å². The van der Waals surface area contributed by atoms with Crippen molar-refractivity contribution in [3.05, 3.63) is 59.9 Å². The van der Waals surface area contributed by atoms with Gasteiger partial charge in [0, 0.05) is 25.0 Å². The number of sulfonamides is 1. The third-order valence-corrected chi connectivity index (χ3v) is 5.74. The fraction of sp³-hybridized carbons (Fsp3) is 0.312. The first-order chi connectivity index (χ1) is 11.3. The first-order valence-corrected chi connectivity index (χ1v) is 8.80. The van der Waals surface area contributed by atoms with Crippen LogP contribution in [-0.4, -0.2) is 23.7 Å². The van der Waals surface area contributed by atoms with Crippen molar-refractivity contribution >= 4 is 10.0 Å². The maximum Gasteiger partial charge on any atom is 0.416 e. The SMILES string of the molecule is O=S(=O)(c1ccc(C(F)(F)F)cc1)N(Cc1ccncc1)C1CC1. The molecule has 128 valence electrons. The monoisotopic (exact) mass is 356 g/mol. The van der Waals surface area contributed by atoms with E-state index in [1.165, 1.54) is 4.31 Å². The van der Waals surface area contributed by atoms with Crippen LogP contribution in [0.1, 0.15) is 24.0 Å². The maximum absolute atomic E-state index is 12.8. The number of halogens is 3. The van der Waals surface area contributed by atoms with Crippen molar-refractivity contribution in [2.24, 2.45) is 0 Å². The van der Waals surface area contributed by atoms with Gasteiger partial charge in [-0.2, -0.15) is 17.5 Å². The molecule has 0 unspecified atom stereocenters. The largest absolute Gasteiger partial charge is 0.416 e. The Kier molecular flexibility index (Phi) is 4.35. The zero-order valence-corrected chi connectivity index (χ0v) is 13.4. The van der Waals surface area contributed by atoms with E-state index in [2.05, 4.69) is 4.98 Å². The molecular weight excluding hydrogens is 341 g/mol. The molecule has 2 aromatic rings. The molecule has 0 radical (unpaired) electrons. The maximum atomic E-state index is 12.8. The minimum absolute atomic E-state index is 0.106. The lowest BCUT2D eigenvalue weighted by molar-refractivity contribution is -0.137. The van der Waals surface area contributed by atoms with Crippen molar-refractivity contribution in [1.29, 1.82) is 0 Å². The molecule has 0 saturated heterocycles. The zero-order valence-electron chi connectivity index (χ0n) is 12.6. The summed E-state index contributed by atoms with van der Waals surface area (Å²) in [6.07, 6.45) is 0.168. The summed E-state index contributed by atoms with van der Waals surface area (Å²) in [6, 6.07) is 6.95. The number of aromatic nitrogens is 1. The molecule has 24 heavy (non-hydrogen) atoms. The predicted octanol–water partition coefficient (Wildman–Crippen LogP) is 3.45. The van der Waals surface area contributed by atoms with E-state index in [0.717, 1.165) is 42.7 Å². The molecule has 1 aliphatic rings. The Hall–Kier alpha value is -1.93. The van der Waals surface area contributed by atoms with E-state index < -0.39 is 21.8 Å². The van der Waals surface area contributed by atoms with Gasteiger partial charge in [-0.3, -0.25) is 4.98 Å². The van der Waals surface area contributed by atoms with E-state index in [9.17, 15) is 21.6 Å². The number of nitrogens with zero attached hydrogens (tertiary/aromatic N) is 2. The lowest BCUT2D eigenvalue weighted by Crippen LogP contribution is -2.32. The van der Waals surface area contributed by atoms with E-state index in [4.69, 9.17) is 0 Å². The van der Waals surface area contributed by atoms with Crippen LogP contribution >= 0.6 is 0 Å². The number of alkyl halides is 3. The standard InChI is InChI=1S/C16H15F3N2O2S/c17-16(18,19)13-1-5-15(6-2-13)24(22,23)21(14-3-4-14)11-12-7-9-20-10-8-12/h1-2,5-10,14H,3-4,11H2. The van der Waals surface area contributed by atoms with Gasteiger partial charge in [-0.05, 0) is 54.8 Å². The Labute approximate surface area is 138 Å². The van der Waals surface area contributed by atoms with Gasteiger partial charge in [0.25, 0.3) is 0 Å². The second-order valence-corrected chi connectivity index (χ2v) is 7.55. The van der Waals surface area contributed by atoms with Gasteiger partial charge in [-0.25, -0.2) is 8.42 Å². The Balaban J connectivity index is 1.89. The van der Waals surface area contributed by atoms with E-state index >= 15 is 0 Å². The lowest BCUT2D eigenvalue weighted by Gasteiger charge is -2.22. The van der Waals surface area contributed by atoms with Gasteiger partial charge in [-0.15, -0.1) is 0 Å². The van der Waals surface area contributed by atoms with Crippen molar-refractivity contribution < 1.29 is 21.6 Å². The average Bonchev–Trinajstić information content (AvgIpc) is 3.37. The Bertz CT molecular complexity index is 801. The molecule has 0 N–H and O–H groups in total. The highest BCUT2D eigenvalue weighted by atomic mass is 32.2. The Morgan fingerprint density at radius 1 is 1.04 bits per heavy atom. The highest BCUT2D eigenvalue weighted by molar-refractivity contribution is 7.89. The van der Waals surface area contributed by atoms with Crippen LogP contribution in [0.25, 0.3) is 0 Å². The fourth-order valence-electron chi connectivity index (χ4n) is 2.39. The summed E-state index contributed by atoms with van der Waals surface area (Å²) < 4.78 is 64.9. The van der Waals surface area contributed by atoms with Crippen molar-refractivity contribution in [2.75, 3.05) is 0 Å². The number of hydrogen-bond acceptors (Lipinski definition) is 3. The third-order valence-electron chi connectivity index (χ3n) is 3.83. The van der Waals surface area contributed by atoms with Crippen molar-refractivity contribution in [2.45, 2.75) is 36.5 Å². The van der Waals surface area contributed by atoms with E-state index in [-0.39, 0.29) is 17.5 Å². The van der Waals surface area contributed by atoms with E-state index in [0.29, 0.717) is 0 Å². The molecule has 0 spiro atoms. The number of rotatable bonds is 5. The highest BCUT2D eigenvalue weighted by Gasteiger charge is 2.38. The van der Waals surface area contributed by atoms with E-state index in [1.807, 2.05) is 0 Å². The fourth-order valence-corrected chi connectivity index (χ4v) is 4.07. The van der Waals surface area contributed by atoms with Gasteiger partial charge in [-0.1, -0.05) is 0 Å². The van der Waals surface area contributed by atoms with Gasteiger partial charge in [0.1, 0.15) is 0 Å². The number of pyridine rings is 1. The summed E-state index contributed by atoms with van der Waals surface area (Å²) in [5.41, 5.74) is -0.0825. The second kappa shape index (κ2) is 6.18.